The first kappa shape index (κ1) is 24.1. The van der Waals surface area contributed by atoms with Crippen LogP contribution in [-0.2, 0) is 22.7 Å². The van der Waals surface area contributed by atoms with Gasteiger partial charge in [-0.3, -0.25) is 0 Å². The smallest absolute Gasteiger partial charge is 0.150 e. The molecule has 6 heteroatoms. The lowest BCUT2D eigenvalue weighted by Gasteiger charge is -2.34. The number of halogens is 1. The molecule has 0 aliphatic heterocycles. The van der Waals surface area contributed by atoms with Gasteiger partial charge in [0, 0.05) is 12.0 Å². The molecule has 2 atom stereocenters. The highest BCUT2D eigenvalue weighted by molar-refractivity contribution is 7.91. The van der Waals surface area contributed by atoms with Crippen molar-refractivity contribution in [2.24, 2.45) is 5.92 Å². The van der Waals surface area contributed by atoms with E-state index in [0.717, 1.165) is 37.9 Å². The number of nitrogens with one attached hydrogen (secondary N) is 1. The van der Waals surface area contributed by atoms with Gasteiger partial charge in [-0.25, -0.2) is 8.42 Å². The van der Waals surface area contributed by atoms with E-state index in [0.29, 0.717) is 36.7 Å². The first-order valence-corrected chi connectivity index (χ1v) is 13.0. The van der Waals surface area contributed by atoms with Crippen molar-refractivity contribution in [3.63, 3.8) is 0 Å². The Hall–Kier alpha value is -1.56. The second-order valence-electron chi connectivity index (χ2n) is 8.85. The number of hydrogen-bond acceptors (Lipinski definition) is 4. The monoisotopic (exact) mass is 463 g/mol. The fourth-order valence-corrected chi connectivity index (χ4v) is 6.40. The second-order valence-corrected chi connectivity index (χ2v) is 11.1. The second kappa shape index (κ2) is 10.8. The molecule has 2 aromatic carbocycles. The Morgan fingerprint density at radius 2 is 1.84 bits per heavy atom. The summed E-state index contributed by atoms with van der Waals surface area (Å²) < 4.78 is 30.2. The fourth-order valence-electron chi connectivity index (χ4n) is 4.63. The summed E-state index contributed by atoms with van der Waals surface area (Å²) in [6.07, 6.45) is 5.91. The van der Waals surface area contributed by atoms with Crippen LogP contribution in [0.4, 0.5) is 0 Å². The molecule has 1 N–H and O–H groups in total. The van der Waals surface area contributed by atoms with Crippen molar-refractivity contribution in [2.75, 3.05) is 25.2 Å². The zero-order chi connectivity index (χ0) is 21.0. The predicted octanol–water partition coefficient (Wildman–Crippen LogP) is 4.56. The Balaban J connectivity index is 0.00000272. The van der Waals surface area contributed by atoms with Crippen LogP contribution >= 0.6 is 12.4 Å². The summed E-state index contributed by atoms with van der Waals surface area (Å²) >= 11 is 0. The Morgan fingerprint density at radius 3 is 2.55 bits per heavy atom. The highest BCUT2D eigenvalue weighted by atomic mass is 35.5. The van der Waals surface area contributed by atoms with Gasteiger partial charge < -0.3 is 10.1 Å². The first-order chi connectivity index (χ1) is 14.5. The number of fused-ring (bicyclic) bond motifs is 1. The lowest BCUT2D eigenvalue weighted by atomic mass is 9.76. The van der Waals surface area contributed by atoms with Gasteiger partial charge in [-0.05, 0) is 80.3 Å². The van der Waals surface area contributed by atoms with Crippen LogP contribution in [0.5, 0.6) is 5.75 Å². The summed E-state index contributed by atoms with van der Waals surface area (Å²) in [5.41, 5.74) is 4.12. The van der Waals surface area contributed by atoms with Gasteiger partial charge in [0.15, 0.2) is 9.84 Å². The SMILES string of the molecule is CNC1CCc2ccc(OCCCS(=O)(=O)CC3CC3)cc2C1Cc1ccccc1.Cl. The van der Waals surface area contributed by atoms with Crippen molar-refractivity contribution in [3.05, 3.63) is 65.2 Å². The number of sulfone groups is 1. The Labute approximate surface area is 193 Å². The summed E-state index contributed by atoms with van der Waals surface area (Å²) in [5, 5.41) is 3.52. The number of rotatable bonds is 10. The lowest BCUT2D eigenvalue weighted by molar-refractivity contribution is 0.315. The van der Waals surface area contributed by atoms with Crippen LogP contribution in [0.15, 0.2) is 48.5 Å². The third-order valence-corrected chi connectivity index (χ3v) is 8.34. The molecule has 2 aromatic rings. The Kier molecular flexibility index (Phi) is 8.43. The maximum atomic E-state index is 12.1. The van der Waals surface area contributed by atoms with E-state index in [-0.39, 0.29) is 18.2 Å². The van der Waals surface area contributed by atoms with Gasteiger partial charge in [0.1, 0.15) is 5.75 Å². The Bertz CT molecular complexity index is 944. The first-order valence-electron chi connectivity index (χ1n) is 11.2. The summed E-state index contributed by atoms with van der Waals surface area (Å²) in [6, 6.07) is 17.5. The molecule has 4 nitrogen and oxygen atoms in total. The largest absolute Gasteiger partial charge is 0.494 e. The van der Waals surface area contributed by atoms with Crippen molar-refractivity contribution in [3.8, 4) is 5.75 Å². The minimum absolute atomic E-state index is 0. The molecule has 2 unspecified atom stereocenters. The number of aryl methyl sites for hydroxylation is 1. The molecule has 1 fully saturated rings. The van der Waals surface area contributed by atoms with Gasteiger partial charge in [0.05, 0.1) is 18.1 Å². The van der Waals surface area contributed by atoms with Crippen molar-refractivity contribution in [1.29, 1.82) is 0 Å². The molecular formula is C25H34ClNO3S. The van der Waals surface area contributed by atoms with E-state index in [9.17, 15) is 8.42 Å². The van der Waals surface area contributed by atoms with E-state index < -0.39 is 9.84 Å². The molecule has 170 valence electrons. The topological polar surface area (TPSA) is 55.4 Å². The summed E-state index contributed by atoms with van der Waals surface area (Å²) in [5.74, 6) is 2.26. The average molecular weight is 464 g/mol. The normalized spacial score (nSPS) is 20.5. The minimum atomic E-state index is -2.93. The molecule has 0 amide bonds. The molecule has 2 aliphatic carbocycles. The van der Waals surface area contributed by atoms with Crippen molar-refractivity contribution in [1.82, 2.24) is 5.32 Å². The van der Waals surface area contributed by atoms with Crippen LogP contribution in [0.3, 0.4) is 0 Å². The van der Waals surface area contributed by atoms with Gasteiger partial charge in [-0.2, -0.15) is 0 Å². The highest BCUT2D eigenvalue weighted by Crippen LogP contribution is 2.36. The van der Waals surface area contributed by atoms with Crippen molar-refractivity contribution in [2.45, 2.75) is 50.5 Å². The van der Waals surface area contributed by atoms with Crippen LogP contribution in [0.1, 0.15) is 48.3 Å². The maximum Gasteiger partial charge on any atom is 0.150 e. The van der Waals surface area contributed by atoms with Crippen LogP contribution < -0.4 is 10.1 Å². The van der Waals surface area contributed by atoms with E-state index in [2.05, 4.69) is 54.8 Å². The molecule has 0 saturated heterocycles. The molecule has 2 aliphatic rings. The van der Waals surface area contributed by atoms with Crippen molar-refractivity contribution < 1.29 is 13.2 Å². The van der Waals surface area contributed by atoms with Crippen LogP contribution in [0, 0.1) is 5.92 Å². The standard InChI is InChI=1S/C25H33NO3S.ClH/c1-26-25-13-11-21-10-12-22(29-14-5-15-30(27,28)18-20-8-9-20)17-23(21)24(25)16-19-6-3-2-4-7-19;/h2-4,6-7,10,12,17,20,24-26H,5,8-9,11,13-16,18H2,1H3;1H. The third kappa shape index (κ3) is 6.71. The molecular weight excluding hydrogens is 430 g/mol. The van der Waals surface area contributed by atoms with Crippen LogP contribution in [0.25, 0.3) is 0 Å². The summed E-state index contributed by atoms with van der Waals surface area (Å²) in [4.78, 5) is 0. The average Bonchev–Trinajstić information content (AvgIpc) is 3.55. The molecule has 31 heavy (non-hydrogen) atoms. The molecule has 0 radical (unpaired) electrons. The summed E-state index contributed by atoms with van der Waals surface area (Å²) in [6.45, 7) is 0.446. The van der Waals surface area contributed by atoms with Gasteiger partial charge in [0.25, 0.3) is 0 Å². The molecule has 0 aromatic heterocycles. The van der Waals surface area contributed by atoms with E-state index in [4.69, 9.17) is 4.74 Å². The fraction of sp³-hybridized carbons (Fsp3) is 0.520. The number of likely N-dealkylation sites (N-methyl/N-ethyl adjacent to an activating group) is 1. The van der Waals surface area contributed by atoms with Crippen molar-refractivity contribution >= 4 is 22.2 Å². The minimum Gasteiger partial charge on any atom is -0.494 e. The quantitative estimate of drug-likeness (QED) is 0.524. The molecule has 1 saturated carbocycles. The van der Waals surface area contributed by atoms with Gasteiger partial charge in [0.2, 0.25) is 0 Å². The molecule has 0 spiro atoms. The lowest BCUT2D eigenvalue weighted by Crippen LogP contribution is -2.37. The highest BCUT2D eigenvalue weighted by Gasteiger charge is 2.29. The van der Waals surface area contributed by atoms with Crippen LogP contribution in [0.2, 0.25) is 0 Å². The third-order valence-electron chi connectivity index (χ3n) is 6.45. The van der Waals surface area contributed by atoms with Gasteiger partial charge >= 0.3 is 0 Å². The molecule has 0 heterocycles. The van der Waals surface area contributed by atoms with E-state index >= 15 is 0 Å². The van der Waals surface area contributed by atoms with E-state index in [1.54, 1.807) is 0 Å². The zero-order valence-electron chi connectivity index (χ0n) is 18.3. The number of benzene rings is 2. The van der Waals surface area contributed by atoms with E-state index in [1.165, 1.54) is 16.7 Å². The predicted molar refractivity (Wildman–Crippen MR) is 129 cm³/mol. The zero-order valence-corrected chi connectivity index (χ0v) is 19.9. The Morgan fingerprint density at radius 1 is 1.06 bits per heavy atom. The number of ether oxygens (including phenoxy) is 1. The van der Waals surface area contributed by atoms with Gasteiger partial charge in [-0.1, -0.05) is 36.4 Å². The number of hydrogen-bond donors (Lipinski definition) is 1. The molecule has 0 bridgehead atoms. The van der Waals surface area contributed by atoms with Gasteiger partial charge in [-0.15, -0.1) is 12.4 Å². The molecule has 4 rings (SSSR count). The van der Waals surface area contributed by atoms with Crippen LogP contribution in [-0.4, -0.2) is 39.6 Å². The van der Waals surface area contributed by atoms with E-state index in [1.807, 2.05) is 6.07 Å². The maximum absolute atomic E-state index is 12.1. The summed E-state index contributed by atoms with van der Waals surface area (Å²) in [7, 11) is -0.878.